The van der Waals surface area contributed by atoms with Crippen molar-refractivity contribution in [3.63, 3.8) is 0 Å². The zero-order valence-electron chi connectivity index (χ0n) is 20.8. The van der Waals surface area contributed by atoms with Gasteiger partial charge in [0.15, 0.2) is 0 Å². The zero-order valence-corrected chi connectivity index (χ0v) is 21.6. The number of hydrogen-bond donors (Lipinski definition) is 0. The third-order valence-corrected chi connectivity index (χ3v) is 7.26. The number of anilines is 1. The minimum Gasteiger partial charge on any atom is -0.466 e. The van der Waals surface area contributed by atoms with E-state index in [0.717, 1.165) is 35.2 Å². The first-order valence-corrected chi connectivity index (χ1v) is 13.3. The summed E-state index contributed by atoms with van der Waals surface area (Å²) in [6.07, 6.45) is 1.81. The van der Waals surface area contributed by atoms with Crippen molar-refractivity contribution in [1.82, 2.24) is 4.90 Å². The van der Waals surface area contributed by atoms with Gasteiger partial charge in [0.2, 0.25) is 5.91 Å². The predicted molar refractivity (Wildman–Crippen MR) is 142 cm³/mol. The molecule has 1 fully saturated rings. The first-order valence-electron chi connectivity index (χ1n) is 12.4. The third kappa shape index (κ3) is 6.40. The van der Waals surface area contributed by atoms with E-state index in [1.807, 2.05) is 66.9 Å². The number of rotatable bonds is 8. The predicted octanol–water partition coefficient (Wildman–Crippen LogP) is 5.25. The van der Waals surface area contributed by atoms with E-state index in [1.54, 1.807) is 16.7 Å². The van der Waals surface area contributed by atoms with Crippen LogP contribution in [0.5, 0.6) is 0 Å². The number of hydrogen-bond acceptors (Lipinski definition) is 5. The highest BCUT2D eigenvalue weighted by atomic mass is 32.1. The first-order chi connectivity index (χ1) is 17.4. The van der Waals surface area contributed by atoms with Crippen LogP contribution in [0.25, 0.3) is 0 Å². The molecule has 0 unspecified atom stereocenters. The van der Waals surface area contributed by atoms with Gasteiger partial charge < -0.3 is 14.5 Å². The topological polar surface area (TPSA) is 66.9 Å². The SMILES string of the molecule is CCOC(=O)[C@H]1CCCN(C(=O)Cc2ccc(N(Cc3cccc(C)c3)C(=O)c3cccs3)cc2)C1. The van der Waals surface area contributed by atoms with Crippen LogP contribution in [0, 0.1) is 12.8 Å². The molecule has 7 heteroatoms. The molecule has 0 aliphatic carbocycles. The van der Waals surface area contributed by atoms with Gasteiger partial charge in [-0.15, -0.1) is 11.3 Å². The van der Waals surface area contributed by atoms with E-state index in [0.29, 0.717) is 31.1 Å². The highest BCUT2D eigenvalue weighted by Crippen LogP contribution is 2.24. The Morgan fingerprint density at radius 3 is 2.56 bits per heavy atom. The molecule has 2 heterocycles. The number of benzene rings is 2. The molecule has 1 atom stereocenters. The van der Waals surface area contributed by atoms with E-state index in [9.17, 15) is 14.4 Å². The third-order valence-electron chi connectivity index (χ3n) is 6.40. The fourth-order valence-corrected chi connectivity index (χ4v) is 5.21. The molecule has 4 rings (SSSR count). The van der Waals surface area contributed by atoms with Crippen LogP contribution in [0.1, 0.15) is 46.1 Å². The van der Waals surface area contributed by atoms with Gasteiger partial charge in [0.1, 0.15) is 0 Å². The van der Waals surface area contributed by atoms with Crippen LogP contribution < -0.4 is 4.90 Å². The minimum absolute atomic E-state index is 0.00280. The molecule has 3 aromatic rings. The Morgan fingerprint density at radius 2 is 1.86 bits per heavy atom. The van der Waals surface area contributed by atoms with Gasteiger partial charge in [0.05, 0.1) is 30.4 Å². The molecule has 0 spiro atoms. The number of amides is 2. The fourth-order valence-electron chi connectivity index (χ4n) is 4.54. The molecule has 6 nitrogen and oxygen atoms in total. The lowest BCUT2D eigenvalue weighted by Crippen LogP contribution is -2.43. The van der Waals surface area contributed by atoms with Crippen molar-refractivity contribution in [2.45, 2.75) is 39.7 Å². The molecule has 0 saturated carbocycles. The smallest absolute Gasteiger partial charge is 0.310 e. The summed E-state index contributed by atoms with van der Waals surface area (Å²) >= 11 is 1.43. The van der Waals surface area contributed by atoms with Crippen molar-refractivity contribution in [2.24, 2.45) is 5.92 Å². The number of likely N-dealkylation sites (tertiary alicyclic amines) is 1. The number of nitrogens with zero attached hydrogens (tertiary/aromatic N) is 2. The highest BCUT2D eigenvalue weighted by molar-refractivity contribution is 7.12. The molecule has 1 saturated heterocycles. The summed E-state index contributed by atoms with van der Waals surface area (Å²) in [6.45, 7) is 5.72. The number of aryl methyl sites for hydroxylation is 1. The fraction of sp³-hybridized carbons (Fsp3) is 0.345. The molecular weight excluding hydrogens is 472 g/mol. The Bertz CT molecular complexity index is 1190. The molecule has 188 valence electrons. The Morgan fingerprint density at radius 1 is 1.06 bits per heavy atom. The summed E-state index contributed by atoms with van der Waals surface area (Å²) in [5.74, 6) is -0.511. The van der Waals surface area contributed by atoms with Crippen LogP contribution in [0.4, 0.5) is 5.69 Å². The number of thiophene rings is 1. The number of carbonyl (C=O) groups excluding carboxylic acids is 3. The van der Waals surface area contributed by atoms with Gasteiger partial charge in [0, 0.05) is 18.8 Å². The Kier molecular flexibility index (Phi) is 8.54. The summed E-state index contributed by atoms with van der Waals surface area (Å²) in [4.78, 5) is 42.6. The summed E-state index contributed by atoms with van der Waals surface area (Å²) in [7, 11) is 0. The summed E-state index contributed by atoms with van der Waals surface area (Å²) in [6, 6.07) is 19.5. The van der Waals surface area contributed by atoms with Gasteiger partial charge in [-0.05, 0) is 61.4 Å². The van der Waals surface area contributed by atoms with Crippen molar-refractivity contribution in [3.05, 3.63) is 87.6 Å². The van der Waals surface area contributed by atoms with E-state index >= 15 is 0 Å². The zero-order chi connectivity index (χ0) is 25.5. The molecule has 1 aliphatic heterocycles. The Balaban J connectivity index is 1.46. The average Bonchev–Trinajstić information content (AvgIpc) is 3.43. The lowest BCUT2D eigenvalue weighted by molar-refractivity contribution is -0.151. The number of ether oxygens (including phenoxy) is 1. The van der Waals surface area contributed by atoms with Crippen LogP contribution in [0.3, 0.4) is 0 Å². The minimum atomic E-state index is -0.247. The largest absolute Gasteiger partial charge is 0.466 e. The Hall–Kier alpha value is -3.45. The van der Waals surface area contributed by atoms with E-state index < -0.39 is 0 Å². The number of piperidine rings is 1. The molecule has 1 aliphatic rings. The van der Waals surface area contributed by atoms with E-state index in [2.05, 4.69) is 6.07 Å². The van der Waals surface area contributed by atoms with Gasteiger partial charge >= 0.3 is 5.97 Å². The van der Waals surface area contributed by atoms with Crippen molar-refractivity contribution in [1.29, 1.82) is 0 Å². The lowest BCUT2D eigenvalue weighted by atomic mass is 9.97. The quantitative estimate of drug-likeness (QED) is 0.393. The van der Waals surface area contributed by atoms with Gasteiger partial charge in [-0.25, -0.2) is 0 Å². The van der Waals surface area contributed by atoms with Gasteiger partial charge in [-0.2, -0.15) is 0 Å². The molecule has 0 radical (unpaired) electrons. The lowest BCUT2D eigenvalue weighted by Gasteiger charge is -2.31. The van der Waals surface area contributed by atoms with Crippen LogP contribution in [-0.4, -0.2) is 42.4 Å². The molecule has 1 aromatic heterocycles. The molecule has 2 aromatic carbocycles. The van der Waals surface area contributed by atoms with E-state index in [-0.39, 0.29) is 30.1 Å². The monoisotopic (exact) mass is 504 g/mol. The van der Waals surface area contributed by atoms with E-state index in [1.165, 1.54) is 11.3 Å². The maximum Gasteiger partial charge on any atom is 0.310 e. The standard InChI is InChI=1S/C29H32N2O4S/c1-3-35-29(34)24-9-5-15-30(20-24)27(32)18-22-11-13-25(14-12-22)31(28(33)26-10-6-16-36-26)19-23-8-4-7-21(2)17-23/h4,6-8,10-14,16-17,24H,3,5,9,15,18-20H2,1-2H3/t24-/m0/s1. The normalized spacial score (nSPS) is 15.4. The van der Waals surface area contributed by atoms with Crippen molar-refractivity contribution < 1.29 is 19.1 Å². The van der Waals surface area contributed by atoms with Gasteiger partial charge in [-0.1, -0.05) is 48.0 Å². The maximum absolute atomic E-state index is 13.3. The second kappa shape index (κ2) is 12.0. The molecule has 0 bridgehead atoms. The van der Waals surface area contributed by atoms with E-state index in [4.69, 9.17) is 4.74 Å². The molecule has 2 amide bonds. The summed E-state index contributed by atoms with van der Waals surface area (Å²) in [5.41, 5.74) is 3.86. The average molecular weight is 505 g/mol. The number of esters is 1. The summed E-state index contributed by atoms with van der Waals surface area (Å²) in [5, 5.41) is 1.90. The molecule has 36 heavy (non-hydrogen) atoms. The molecular formula is C29H32N2O4S. The van der Waals surface area contributed by atoms with Gasteiger partial charge in [-0.3, -0.25) is 14.4 Å². The van der Waals surface area contributed by atoms with Gasteiger partial charge in [0.25, 0.3) is 5.91 Å². The van der Waals surface area contributed by atoms with Crippen molar-refractivity contribution in [2.75, 3.05) is 24.6 Å². The Labute approximate surface area is 216 Å². The van der Waals surface area contributed by atoms with Crippen LogP contribution >= 0.6 is 11.3 Å². The first kappa shape index (κ1) is 25.6. The summed E-state index contributed by atoms with van der Waals surface area (Å²) < 4.78 is 5.15. The second-order valence-corrected chi connectivity index (χ2v) is 10.1. The van der Waals surface area contributed by atoms with Crippen LogP contribution in [0.2, 0.25) is 0 Å². The highest BCUT2D eigenvalue weighted by Gasteiger charge is 2.29. The molecule has 0 N–H and O–H groups in total. The second-order valence-electron chi connectivity index (χ2n) is 9.13. The number of carbonyl (C=O) groups is 3. The van der Waals surface area contributed by atoms with Crippen molar-refractivity contribution in [3.8, 4) is 0 Å². The van der Waals surface area contributed by atoms with Crippen molar-refractivity contribution >= 4 is 34.8 Å². The maximum atomic E-state index is 13.3. The van der Waals surface area contributed by atoms with Crippen LogP contribution in [0.15, 0.2) is 66.0 Å². The van der Waals surface area contributed by atoms with Crippen LogP contribution in [-0.2, 0) is 27.3 Å².